The van der Waals surface area contributed by atoms with Crippen molar-refractivity contribution in [3.8, 4) is 11.5 Å². The van der Waals surface area contributed by atoms with Crippen molar-refractivity contribution in [3.05, 3.63) is 23.3 Å². The SMILES string of the molecule is CN1CCC23c4c5ccc(O)c4O[C@H]2[C@@H](O)CC[C@H]3[C@H]1C5. The number of benzene rings is 1. The molecule has 1 aromatic carbocycles. The number of aromatic hydroxyl groups is 1. The normalized spacial score (nSPS) is 43.3. The number of piperidine rings is 1. The van der Waals surface area contributed by atoms with Gasteiger partial charge in [-0.1, -0.05) is 6.07 Å². The molecule has 5 rings (SSSR count). The molecule has 1 unspecified atom stereocenters. The van der Waals surface area contributed by atoms with Gasteiger partial charge in [-0.25, -0.2) is 0 Å². The quantitative estimate of drug-likeness (QED) is 0.758. The molecule has 2 aliphatic heterocycles. The molecule has 0 aromatic heterocycles. The van der Waals surface area contributed by atoms with Gasteiger partial charge in [0.15, 0.2) is 11.5 Å². The highest BCUT2D eigenvalue weighted by Crippen LogP contribution is 2.63. The number of phenolic OH excluding ortho intramolecular Hbond substituents is 1. The summed E-state index contributed by atoms with van der Waals surface area (Å²) in [5, 5.41) is 20.8. The summed E-state index contributed by atoms with van der Waals surface area (Å²) in [6.45, 7) is 1.04. The van der Waals surface area contributed by atoms with Crippen LogP contribution in [0.2, 0.25) is 0 Å². The van der Waals surface area contributed by atoms with Crippen LogP contribution in [0.5, 0.6) is 11.5 Å². The minimum Gasteiger partial charge on any atom is -0.504 e. The van der Waals surface area contributed by atoms with Gasteiger partial charge < -0.3 is 19.8 Å². The summed E-state index contributed by atoms with van der Waals surface area (Å²) >= 11 is 0. The van der Waals surface area contributed by atoms with Gasteiger partial charge in [-0.2, -0.15) is 0 Å². The van der Waals surface area contributed by atoms with Gasteiger partial charge in [0.2, 0.25) is 0 Å². The van der Waals surface area contributed by atoms with E-state index in [2.05, 4.69) is 18.0 Å². The maximum atomic E-state index is 10.5. The molecule has 2 N–H and O–H groups in total. The Morgan fingerprint density at radius 3 is 3.05 bits per heavy atom. The van der Waals surface area contributed by atoms with E-state index >= 15 is 0 Å². The minimum atomic E-state index is -0.414. The van der Waals surface area contributed by atoms with Crippen molar-refractivity contribution < 1.29 is 14.9 Å². The number of phenols is 1. The first kappa shape index (κ1) is 12.3. The van der Waals surface area contributed by atoms with Crippen LogP contribution in [-0.4, -0.2) is 47.0 Å². The van der Waals surface area contributed by atoms with Crippen LogP contribution in [0.25, 0.3) is 0 Å². The third-order valence-corrected chi connectivity index (χ3v) is 6.56. The molecule has 5 atom stereocenters. The molecule has 21 heavy (non-hydrogen) atoms. The lowest BCUT2D eigenvalue weighted by atomic mass is 9.51. The Morgan fingerprint density at radius 1 is 1.33 bits per heavy atom. The van der Waals surface area contributed by atoms with E-state index < -0.39 is 6.10 Å². The number of ether oxygens (including phenoxy) is 1. The zero-order valence-electron chi connectivity index (χ0n) is 12.2. The zero-order valence-corrected chi connectivity index (χ0v) is 12.2. The van der Waals surface area contributed by atoms with Gasteiger partial charge in [-0.3, -0.25) is 0 Å². The van der Waals surface area contributed by atoms with Crippen LogP contribution in [0.15, 0.2) is 12.1 Å². The summed E-state index contributed by atoms with van der Waals surface area (Å²) in [6, 6.07) is 4.36. The summed E-state index contributed by atoms with van der Waals surface area (Å²) in [7, 11) is 2.22. The molecule has 112 valence electrons. The van der Waals surface area contributed by atoms with E-state index in [1.165, 1.54) is 11.1 Å². The number of nitrogens with zero attached hydrogens (tertiary/aromatic N) is 1. The van der Waals surface area contributed by atoms with Crippen molar-refractivity contribution >= 4 is 0 Å². The Balaban J connectivity index is 1.81. The monoisotopic (exact) mass is 287 g/mol. The van der Waals surface area contributed by atoms with Crippen LogP contribution in [-0.2, 0) is 11.8 Å². The standard InChI is InChI=1S/C17H21NO3/c1-18-7-6-17-10-3-5-13(20)16(17)21-15-12(19)4-2-9(14(15)17)8-11(10)18/h2,4,10-11,13,16,19-20H,3,5-8H2,1H3/t10-,11+,13-,16-,17?/m0/s1. The Labute approximate surface area is 124 Å². The topological polar surface area (TPSA) is 52.9 Å². The number of aliphatic hydroxyl groups excluding tert-OH is 1. The molecule has 2 fully saturated rings. The summed E-state index contributed by atoms with van der Waals surface area (Å²) in [5.74, 6) is 1.44. The van der Waals surface area contributed by atoms with Crippen LogP contribution < -0.4 is 4.74 Å². The molecule has 1 aromatic rings. The molecule has 2 aliphatic carbocycles. The third kappa shape index (κ3) is 1.25. The van der Waals surface area contributed by atoms with E-state index in [0.29, 0.717) is 17.7 Å². The van der Waals surface area contributed by atoms with E-state index in [0.717, 1.165) is 32.2 Å². The number of aliphatic hydroxyl groups is 1. The lowest BCUT2D eigenvalue weighted by Crippen LogP contribution is -2.66. The molecule has 1 saturated carbocycles. The van der Waals surface area contributed by atoms with Gasteiger partial charge >= 0.3 is 0 Å². The van der Waals surface area contributed by atoms with Crippen LogP contribution in [0.1, 0.15) is 30.4 Å². The third-order valence-electron chi connectivity index (χ3n) is 6.56. The Bertz CT molecular complexity index is 631. The second-order valence-electron chi connectivity index (χ2n) is 7.28. The predicted molar refractivity (Wildman–Crippen MR) is 77.7 cm³/mol. The second-order valence-corrected chi connectivity index (χ2v) is 7.28. The minimum absolute atomic E-state index is 0.0729. The van der Waals surface area contributed by atoms with Gasteiger partial charge in [0.05, 0.1) is 6.10 Å². The van der Waals surface area contributed by atoms with Crippen molar-refractivity contribution in [3.63, 3.8) is 0 Å². The van der Waals surface area contributed by atoms with Crippen molar-refractivity contribution in [1.29, 1.82) is 0 Å². The van der Waals surface area contributed by atoms with E-state index in [1.54, 1.807) is 6.07 Å². The van der Waals surface area contributed by atoms with Gasteiger partial charge in [0.25, 0.3) is 0 Å². The first-order valence-electron chi connectivity index (χ1n) is 8.03. The predicted octanol–water partition coefficient (Wildman–Crippen LogP) is 1.42. The first-order chi connectivity index (χ1) is 10.1. The van der Waals surface area contributed by atoms with E-state index in [4.69, 9.17) is 4.74 Å². The number of likely N-dealkylation sites (N-methyl/N-ethyl adjacent to an activating group) is 1. The van der Waals surface area contributed by atoms with Gasteiger partial charge in [0.1, 0.15) is 6.10 Å². The number of hydrogen-bond acceptors (Lipinski definition) is 4. The zero-order chi connectivity index (χ0) is 14.4. The Morgan fingerprint density at radius 2 is 2.19 bits per heavy atom. The van der Waals surface area contributed by atoms with Crippen LogP contribution >= 0.6 is 0 Å². The van der Waals surface area contributed by atoms with Crippen LogP contribution in [0, 0.1) is 5.92 Å². The Kier molecular flexibility index (Phi) is 2.19. The van der Waals surface area contributed by atoms with Crippen molar-refractivity contribution in [2.45, 2.75) is 49.3 Å². The maximum absolute atomic E-state index is 10.5. The molecule has 0 amide bonds. The lowest BCUT2D eigenvalue weighted by molar-refractivity contribution is -0.0993. The molecular formula is C17H21NO3. The van der Waals surface area contributed by atoms with E-state index in [1.807, 2.05) is 0 Å². The summed E-state index contributed by atoms with van der Waals surface area (Å²) < 4.78 is 6.14. The van der Waals surface area contributed by atoms with Crippen LogP contribution in [0.4, 0.5) is 0 Å². The highest BCUT2D eigenvalue weighted by molar-refractivity contribution is 5.60. The fraction of sp³-hybridized carbons (Fsp3) is 0.647. The highest BCUT2D eigenvalue weighted by Gasteiger charge is 2.65. The molecule has 1 spiro atoms. The first-order valence-corrected chi connectivity index (χ1v) is 8.03. The summed E-state index contributed by atoms with van der Waals surface area (Å²) in [4.78, 5) is 2.48. The second kappa shape index (κ2) is 3.73. The summed E-state index contributed by atoms with van der Waals surface area (Å²) in [6.07, 6.45) is 3.35. The van der Waals surface area contributed by atoms with Gasteiger partial charge in [0, 0.05) is 17.0 Å². The number of rotatable bonds is 0. The molecule has 4 nitrogen and oxygen atoms in total. The molecule has 4 heteroatoms. The molecule has 0 radical (unpaired) electrons. The summed E-state index contributed by atoms with van der Waals surface area (Å²) in [5.41, 5.74) is 2.46. The lowest BCUT2D eigenvalue weighted by Gasteiger charge is -2.58. The highest BCUT2D eigenvalue weighted by atomic mass is 16.5. The molecule has 2 bridgehead atoms. The Hall–Kier alpha value is -1.26. The van der Waals surface area contributed by atoms with E-state index in [9.17, 15) is 10.2 Å². The smallest absolute Gasteiger partial charge is 0.165 e. The molecular weight excluding hydrogens is 266 g/mol. The average molecular weight is 287 g/mol. The molecule has 4 aliphatic rings. The molecule has 1 saturated heterocycles. The fourth-order valence-corrected chi connectivity index (χ4v) is 5.71. The van der Waals surface area contributed by atoms with Crippen LogP contribution in [0.3, 0.4) is 0 Å². The number of hydrogen-bond donors (Lipinski definition) is 2. The van der Waals surface area contributed by atoms with E-state index in [-0.39, 0.29) is 17.3 Å². The number of likely N-dealkylation sites (tertiary alicyclic amines) is 1. The van der Waals surface area contributed by atoms with Gasteiger partial charge in [-0.05, 0) is 56.8 Å². The average Bonchev–Trinajstić information content (AvgIpc) is 2.83. The molecule has 2 heterocycles. The van der Waals surface area contributed by atoms with Crippen molar-refractivity contribution in [1.82, 2.24) is 4.90 Å². The largest absolute Gasteiger partial charge is 0.504 e. The maximum Gasteiger partial charge on any atom is 0.165 e. The fourth-order valence-electron chi connectivity index (χ4n) is 5.71. The van der Waals surface area contributed by atoms with Gasteiger partial charge in [-0.15, -0.1) is 0 Å². The van der Waals surface area contributed by atoms with Crippen molar-refractivity contribution in [2.75, 3.05) is 13.6 Å². The van der Waals surface area contributed by atoms with Crippen molar-refractivity contribution in [2.24, 2.45) is 5.92 Å².